The van der Waals surface area contributed by atoms with Crippen LogP contribution in [0.1, 0.15) is 68.7 Å². The van der Waals surface area contributed by atoms with Crippen molar-refractivity contribution >= 4 is 5.82 Å². The summed E-state index contributed by atoms with van der Waals surface area (Å²) in [5, 5.41) is 10.6. The number of halogens is 5. The van der Waals surface area contributed by atoms with Gasteiger partial charge in [-0.05, 0) is 44.1 Å². The van der Waals surface area contributed by atoms with Crippen molar-refractivity contribution in [2.75, 3.05) is 4.90 Å². The molecule has 0 atom stereocenters. The van der Waals surface area contributed by atoms with Gasteiger partial charge in [0, 0.05) is 37.9 Å². The Morgan fingerprint density at radius 2 is 1.70 bits per heavy atom. The van der Waals surface area contributed by atoms with Gasteiger partial charge in [-0.25, -0.2) is 31.9 Å². The molecule has 1 heterocycles. The van der Waals surface area contributed by atoms with E-state index in [1.54, 1.807) is 12.1 Å². The van der Waals surface area contributed by atoms with E-state index in [1.165, 1.54) is 18.5 Å². The first-order valence-electron chi connectivity index (χ1n) is 11.3. The van der Waals surface area contributed by atoms with E-state index in [9.17, 15) is 22.7 Å². The van der Waals surface area contributed by atoms with Crippen molar-refractivity contribution in [1.29, 1.82) is 0 Å². The number of aromatic nitrogens is 2. The highest BCUT2D eigenvalue weighted by atomic mass is 19.3. The zero-order valence-electron chi connectivity index (χ0n) is 18.5. The summed E-state index contributed by atoms with van der Waals surface area (Å²) >= 11 is 0. The minimum Gasteiger partial charge on any atom is -0.390 e. The van der Waals surface area contributed by atoms with Gasteiger partial charge in [-0.3, -0.25) is 0 Å². The summed E-state index contributed by atoms with van der Waals surface area (Å²) in [5.74, 6) is -6.14. The number of nitrogens with zero attached hydrogens (tertiary/aromatic N) is 3. The predicted octanol–water partition coefficient (Wildman–Crippen LogP) is 5.77. The molecule has 1 aromatic carbocycles. The standard InChI is InChI=1S/C24H28F5N3O/c1-22(26,27)17-4-2-16(3-5-17)14-32(18-6-7-18)21-20(25)19(30-15-31-21)8-9-23(33)10-12-24(28,29)13-11-23/h2-5,15,18,33H,6-14H2,1H3. The van der Waals surface area contributed by atoms with E-state index >= 15 is 4.39 Å². The molecule has 2 fully saturated rings. The largest absolute Gasteiger partial charge is 0.390 e. The Morgan fingerprint density at radius 3 is 2.27 bits per heavy atom. The number of anilines is 1. The minimum absolute atomic E-state index is 0.0272. The van der Waals surface area contributed by atoms with E-state index in [-0.39, 0.29) is 61.6 Å². The average molecular weight is 469 g/mol. The number of aliphatic hydroxyl groups is 1. The van der Waals surface area contributed by atoms with Gasteiger partial charge in [0.05, 0.1) is 11.3 Å². The fourth-order valence-corrected chi connectivity index (χ4v) is 4.32. The summed E-state index contributed by atoms with van der Waals surface area (Å²) in [6, 6.07) is 6.06. The molecular weight excluding hydrogens is 441 g/mol. The summed E-state index contributed by atoms with van der Waals surface area (Å²) in [5.41, 5.74) is -0.444. The Hall–Kier alpha value is -2.29. The summed E-state index contributed by atoms with van der Waals surface area (Å²) in [7, 11) is 0. The molecule has 0 aliphatic heterocycles. The summed E-state index contributed by atoms with van der Waals surface area (Å²) in [6.07, 6.45) is 2.47. The smallest absolute Gasteiger partial charge is 0.270 e. The van der Waals surface area contributed by atoms with Crippen molar-refractivity contribution in [3.05, 3.63) is 53.2 Å². The van der Waals surface area contributed by atoms with Crippen molar-refractivity contribution < 1.29 is 27.1 Å². The first-order chi connectivity index (χ1) is 15.5. The van der Waals surface area contributed by atoms with Crippen LogP contribution in [0.2, 0.25) is 0 Å². The van der Waals surface area contributed by atoms with Gasteiger partial charge in [-0.1, -0.05) is 24.3 Å². The Balaban J connectivity index is 1.48. The molecular formula is C24H28F5N3O. The Bertz CT molecular complexity index is 963. The van der Waals surface area contributed by atoms with Gasteiger partial charge in [0.2, 0.25) is 5.92 Å². The van der Waals surface area contributed by atoms with Crippen molar-refractivity contribution in [1.82, 2.24) is 9.97 Å². The number of alkyl halides is 4. The molecule has 2 aromatic rings. The number of rotatable bonds is 8. The molecule has 2 aliphatic rings. The third kappa shape index (κ3) is 5.80. The van der Waals surface area contributed by atoms with Crippen molar-refractivity contribution in [3.63, 3.8) is 0 Å². The van der Waals surface area contributed by atoms with Crippen molar-refractivity contribution in [2.24, 2.45) is 0 Å². The first kappa shape index (κ1) is 23.9. The van der Waals surface area contributed by atoms with Crippen molar-refractivity contribution in [3.8, 4) is 0 Å². The molecule has 0 saturated heterocycles. The summed E-state index contributed by atoms with van der Waals surface area (Å²) in [6.45, 7) is 1.15. The van der Waals surface area contributed by atoms with Crippen LogP contribution in [0, 0.1) is 5.82 Å². The van der Waals surface area contributed by atoms with Crippen LogP contribution in [0.3, 0.4) is 0 Å². The predicted molar refractivity (Wildman–Crippen MR) is 114 cm³/mol. The van der Waals surface area contributed by atoms with Crippen LogP contribution in [-0.2, 0) is 18.9 Å². The maximum atomic E-state index is 15.4. The molecule has 180 valence electrons. The van der Waals surface area contributed by atoms with E-state index in [0.29, 0.717) is 6.54 Å². The molecule has 2 aliphatic carbocycles. The van der Waals surface area contributed by atoms with Gasteiger partial charge >= 0.3 is 0 Å². The molecule has 0 amide bonds. The van der Waals surface area contributed by atoms with Gasteiger partial charge in [-0.15, -0.1) is 0 Å². The van der Waals surface area contributed by atoms with Crippen molar-refractivity contribution in [2.45, 2.75) is 88.3 Å². The topological polar surface area (TPSA) is 49.2 Å². The molecule has 0 unspecified atom stereocenters. The fourth-order valence-electron chi connectivity index (χ4n) is 4.32. The SMILES string of the molecule is CC(F)(F)c1ccc(CN(c2ncnc(CCC3(O)CCC(F)(F)CC3)c2F)C2CC2)cc1. The average Bonchev–Trinajstić information content (AvgIpc) is 3.59. The van der Waals surface area contributed by atoms with Gasteiger partial charge in [0.25, 0.3) is 5.92 Å². The summed E-state index contributed by atoms with van der Waals surface area (Å²) in [4.78, 5) is 9.99. The van der Waals surface area contributed by atoms with Crippen LogP contribution in [-0.4, -0.2) is 32.6 Å². The lowest BCUT2D eigenvalue weighted by Crippen LogP contribution is -2.39. The highest BCUT2D eigenvalue weighted by Gasteiger charge is 2.42. The van der Waals surface area contributed by atoms with Gasteiger partial charge in [0.1, 0.15) is 6.33 Å². The van der Waals surface area contributed by atoms with Gasteiger partial charge in [-0.2, -0.15) is 0 Å². The summed E-state index contributed by atoms with van der Waals surface area (Å²) < 4.78 is 69.2. The molecule has 0 radical (unpaired) electrons. The fraction of sp³-hybridized carbons (Fsp3) is 0.583. The maximum Gasteiger partial charge on any atom is 0.270 e. The molecule has 33 heavy (non-hydrogen) atoms. The van der Waals surface area contributed by atoms with Crippen LogP contribution in [0.4, 0.5) is 27.8 Å². The molecule has 9 heteroatoms. The number of hydrogen-bond donors (Lipinski definition) is 1. The molecule has 2 saturated carbocycles. The molecule has 0 spiro atoms. The maximum absolute atomic E-state index is 15.4. The van der Waals surface area contributed by atoms with E-state index in [0.717, 1.165) is 25.3 Å². The first-order valence-corrected chi connectivity index (χ1v) is 11.3. The third-order valence-corrected chi connectivity index (χ3v) is 6.66. The number of aryl methyl sites for hydroxylation is 1. The second-order valence-electron chi connectivity index (χ2n) is 9.48. The second kappa shape index (κ2) is 8.81. The van der Waals surface area contributed by atoms with E-state index in [2.05, 4.69) is 9.97 Å². The van der Waals surface area contributed by atoms with E-state index in [1.807, 2.05) is 4.90 Å². The highest BCUT2D eigenvalue weighted by Crippen LogP contribution is 2.41. The lowest BCUT2D eigenvalue weighted by Gasteiger charge is -2.36. The normalized spacial score (nSPS) is 20.0. The zero-order chi connectivity index (χ0) is 23.9. The van der Waals surface area contributed by atoms with Gasteiger partial charge in [0.15, 0.2) is 11.6 Å². The van der Waals surface area contributed by atoms with E-state index in [4.69, 9.17) is 0 Å². The number of benzene rings is 1. The monoisotopic (exact) mass is 469 g/mol. The third-order valence-electron chi connectivity index (χ3n) is 6.66. The molecule has 4 nitrogen and oxygen atoms in total. The zero-order valence-corrected chi connectivity index (χ0v) is 18.5. The molecule has 4 rings (SSSR count). The molecule has 1 aromatic heterocycles. The second-order valence-corrected chi connectivity index (χ2v) is 9.48. The highest BCUT2D eigenvalue weighted by molar-refractivity contribution is 5.45. The van der Waals surface area contributed by atoms with Crippen LogP contribution in [0.25, 0.3) is 0 Å². The lowest BCUT2D eigenvalue weighted by atomic mass is 9.79. The van der Waals surface area contributed by atoms with Gasteiger partial charge < -0.3 is 10.0 Å². The Kier molecular flexibility index (Phi) is 6.37. The minimum atomic E-state index is -2.93. The lowest BCUT2D eigenvalue weighted by molar-refractivity contribution is -0.106. The van der Waals surface area contributed by atoms with Crippen LogP contribution in [0.5, 0.6) is 0 Å². The van der Waals surface area contributed by atoms with Crippen LogP contribution >= 0.6 is 0 Å². The number of hydrogen-bond acceptors (Lipinski definition) is 4. The van der Waals surface area contributed by atoms with Crippen LogP contribution in [0.15, 0.2) is 30.6 Å². The quantitative estimate of drug-likeness (QED) is 0.499. The Labute approximate surface area is 189 Å². The molecule has 0 bridgehead atoms. The van der Waals surface area contributed by atoms with Crippen LogP contribution < -0.4 is 4.90 Å². The molecule has 1 N–H and O–H groups in total. The Morgan fingerprint density at radius 1 is 1.06 bits per heavy atom. The van der Waals surface area contributed by atoms with E-state index < -0.39 is 23.3 Å².